The van der Waals surface area contributed by atoms with Gasteiger partial charge in [-0.1, -0.05) is 107 Å². The maximum atomic E-state index is 13.2. The topological polar surface area (TPSA) is 37.4 Å². The van der Waals surface area contributed by atoms with Crippen molar-refractivity contribution < 1.29 is 8.42 Å². The monoisotopic (exact) mass is 543 g/mol. The summed E-state index contributed by atoms with van der Waals surface area (Å²) >= 11 is 0. The van der Waals surface area contributed by atoms with Gasteiger partial charge in [-0.05, 0) is 73.8 Å². The predicted octanol–water partition coefficient (Wildman–Crippen LogP) is 6.67. The van der Waals surface area contributed by atoms with Gasteiger partial charge in [-0.25, -0.2) is 8.42 Å². The number of benzene rings is 2. The summed E-state index contributed by atoms with van der Waals surface area (Å²) < 4.78 is 28.3. The Labute approximate surface area is 222 Å². The first-order chi connectivity index (χ1) is 17.5. The first kappa shape index (κ1) is 26.8. The van der Waals surface area contributed by atoms with Gasteiger partial charge in [-0.15, -0.1) is 0 Å². The molecular formula is C30H43NO2P2S. The molecule has 1 saturated heterocycles. The van der Waals surface area contributed by atoms with E-state index in [-0.39, 0.29) is 14.0 Å². The van der Waals surface area contributed by atoms with Crippen LogP contribution in [0.3, 0.4) is 0 Å². The van der Waals surface area contributed by atoms with Gasteiger partial charge in [-0.3, -0.25) is 0 Å². The van der Waals surface area contributed by atoms with Crippen LogP contribution in [0.15, 0.2) is 60.7 Å². The fourth-order valence-electron chi connectivity index (χ4n) is 7.09. The highest BCUT2D eigenvalue weighted by Crippen LogP contribution is 2.61. The van der Waals surface area contributed by atoms with Crippen LogP contribution in [-0.2, 0) is 10.0 Å². The predicted molar refractivity (Wildman–Crippen MR) is 158 cm³/mol. The zero-order valence-electron chi connectivity index (χ0n) is 21.8. The lowest BCUT2D eigenvalue weighted by molar-refractivity contribution is 0.415. The molecule has 1 heterocycles. The number of nitrogens with zero attached hydrogens (tertiary/aromatic N) is 1. The van der Waals surface area contributed by atoms with Crippen molar-refractivity contribution in [2.45, 2.75) is 93.6 Å². The largest absolute Gasteiger partial charge is 0.212 e. The Morgan fingerprint density at radius 1 is 0.722 bits per heavy atom. The van der Waals surface area contributed by atoms with Crippen molar-refractivity contribution in [3.63, 3.8) is 0 Å². The maximum Gasteiger partial charge on any atom is 0.211 e. The summed E-state index contributed by atoms with van der Waals surface area (Å²) in [5.74, 6) is 0. The van der Waals surface area contributed by atoms with Crippen molar-refractivity contribution >= 4 is 36.5 Å². The fourth-order valence-corrected chi connectivity index (χ4v) is 15.6. The molecule has 0 bridgehead atoms. The average Bonchev–Trinajstić information content (AvgIpc) is 3.34. The summed E-state index contributed by atoms with van der Waals surface area (Å²) in [4.78, 5) is 0. The lowest BCUT2D eigenvalue weighted by Crippen LogP contribution is -2.38. The SMILES string of the molecule is CS(=O)(=O)N1C[C@H](P(C2CCCCC2)C2CCCCC2)C[C@@H]1CP(c1ccccc1)c1ccccc1. The zero-order valence-corrected chi connectivity index (χ0v) is 24.4. The average molecular weight is 544 g/mol. The summed E-state index contributed by atoms with van der Waals surface area (Å²) in [5, 5.41) is 2.72. The molecule has 0 spiro atoms. The Bertz CT molecular complexity index is 995. The van der Waals surface area contributed by atoms with Crippen molar-refractivity contribution in [3.05, 3.63) is 60.7 Å². The minimum Gasteiger partial charge on any atom is -0.212 e. The Morgan fingerprint density at radius 2 is 1.19 bits per heavy atom. The number of hydrogen-bond acceptors (Lipinski definition) is 2. The van der Waals surface area contributed by atoms with Gasteiger partial charge in [0.2, 0.25) is 10.0 Å². The molecule has 1 aliphatic heterocycles. The van der Waals surface area contributed by atoms with Crippen molar-refractivity contribution in [3.8, 4) is 0 Å². The quantitative estimate of drug-likeness (QED) is 0.349. The second-order valence-corrected chi connectivity index (χ2v) is 18.5. The highest BCUT2D eigenvalue weighted by atomic mass is 32.2. The number of rotatable bonds is 8. The van der Waals surface area contributed by atoms with E-state index in [1.807, 2.05) is 4.31 Å². The van der Waals surface area contributed by atoms with Crippen LogP contribution in [0.5, 0.6) is 0 Å². The van der Waals surface area contributed by atoms with Crippen molar-refractivity contribution in [1.29, 1.82) is 0 Å². The summed E-state index contributed by atoms with van der Waals surface area (Å²) in [7, 11) is -3.97. The molecule has 0 radical (unpaired) electrons. The molecule has 6 heteroatoms. The third-order valence-corrected chi connectivity index (χ3v) is 16.6. The molecule has 2 saturated carbocycles. The first-order valence-electron chi connectivity index (χ1n) is 14.1. The molecule has 2 aromatic carbocycles. The maximum absolute atomic E-state index is 13.2. The van der Waals surface area contributed by atoms with Crippen LogP contribution in [0.2, 0.25) is 0 Å². The molecule has 2 aliphatic carbocycles. The van der Waals surface area contributed by atoms with Crippen molar-refractivity contribution in [2.75, 3.05) is 19.0 Å². The summed E-state index contributed by atoms with van der Waals surface area (Å²) in [6.07, 6.45) is 17.4. The molecule has 36 heavy (non-hydrogen) atoms. The Morgan fingerprint density at radius 3 is 1.64 bits per heavy atom. The molecule has 0 aromatic heterocycles. The molecule has 3 nitrogen and oxygen atoms in total. The van der Waals surface area contributed by atoms with Crippen LogP contribution in [0, 0.1) is 0 Å². The smallest absolute Gasteiger partial charge is 0.211 e. The fraction of sp³-hybridized carbons (Fsp3) is 0.600. The highest BCUT2D eigenvalue weighted by Gasteiger charge is 2.45. The van der Waals surface area contributed by atoms with Crippen LogP contribution < -0.4 is 10.6 Å². The van der Waals surface area contributed by atoms with E-state index >= 15 is 0 Å². The van der Waals surface area contributed by atoms with Crippen LogP contribution >= 0.6 is 15.8 Å². The lowest BCUT2D eigenvalue weighted by atomic mass is 9.99. The van der Waals surface area contributed by atoms with Crippen LogP contribution in [-0.4, -0.2) is 54.7 Å². The Hall–Kier alpha value is -0.790. The normalized spacial score (nSPS) is 25.1. The third-order valence-electron chi connectivity index (χ3n) is 8.71. The van der Waals surface area contributed by atoms with Gasteiger partial charge >= 0.3 is 0 Å². The second kappa shape index (κ2) is 12.4. The van der Waals surface area contributed by atoms with Gasteiger partial charge in [0, 0.05) is 12.6 Å². The van der Waals surface area contributed by atoms with E-state index in [0.717, 1.165) is 30.4 Å². The molecule has 2 atom stereocenters. The van der Waals surface area contributed by atoms with Gasteiger partial charge < -0.3 is 0 Å². The molecule has 0 unspecified atom stereocenters. The molecule has 3 fully saturated rings. The number of hydrogen-bond donors (Lipinski definition) is 0. The second-order valence-electron chi connectivity index (χ2n) is 11.2. The van der Waals surface area contributed by atoms with Crippen LogP contribution in [0.1, 0.15) is 70.6 Å². The van der Waals surface area contributed by atoms with Crippen molar-refractivity contribution in [1.82, 2.24) is 4.31 Å². The van der Waals surface area contributed by atoms with E-state index in [0.29, 0.717) is 5.66 Å². The summed E-state index contributed by atoms with van der Waals surface area (Å²) in [6, 6.07) is 21.8. The standard InChI is InChI=1S/C30H43NO2P2S/c1-36(32,33)31-23-30(35(28-18-10-4-11-19-28)29-20-12-5-13-21-29)22-25(31)24-34(26-14-6-2-7-15-26)27-16-8-3-9-17-27/h2-3,6-9,14-17,25,28-30H,4-5,10-13,18-24H2,1H3/t25-,30-/m1/s1. The van der Waals surface area contributed by atoms with Crippen LogP contribution in [0.4, 0.5) is 0 Å². The Kier molecular flexibility index (Phi) is 9.22. The molecule has 0 amide bonds. The molecule has 0 N–H and O–H groups in total. The van der Waals surface area contributed by atoms with Gasteiger partial charge in [0.15, 0.2) is 0 Å². The van der Waals surface area contributed by atoms with Crippen LogP contribution in [0.25, 0.3) is 0 Å². The summed E-state index contributed by atoms with van der Waals surface area (Å²) in [6.45, 7) is 0.773. The van der Waals surface area contributed by atoms with Crippen molar-refractivity contribution in [2.24, 2.45) is 0 Å². The van der Waals surface area contributed by atoms with E-state index in [9.17, 15) is 8.42 Å². The van der Waals surface area contributed by atoms with E-state index in [4.69, 9.17) is 0 Å². The first-order valence-corrected chi connectivity index (χ1v) is 19.0. The molecule has 5 rings (SSSR count). The van der Waals surface area contributed by atoms with E-state index < -0.39 is 17.9 Å². The van der Waals surface area contributed by atoms with Gasteiger partial charge in [0.25, 0.3) is 0 Å². The molecule has 2 aromatic rings. The van der Waals surface area contributed by atoms with Gasteiger partial charge in [0.1, 0.15) is 0 Å². The molecule has 196 valence electrons. The molecular weight excluding hydrogens is 500 g/mol. The lowest BCUT2D eigenvalue weighted by Gasteiger charge is -2.42. The van der Waals surface area contributed by atoms with E-state index in [1.165, 1.54) is 81.1 Å². The highest BCUT2D eigenvalue weighted by molar-refractivity contribution is 7.88. The zero-order chi connectivity index (χ0) is 25.0. The minimum absolute atomic E-state index is 0.119. The molecule has 3 aliphatic rings. The van der Waals surface area contributed by atoms with Gasteiger partial charge in [0.05, 0.1) is 6.26 Å². The van der Waals surface area contributed by atoms with E-state index in [1.54, 1.807) is 0 Å². The number of sulfonamides is 1. The Balaban J connectivity index is 1.44. The van der Waals surface area contributed by atoms with Gasteiger partial charge in [-0.2, -0.15) is 4.31 Å². The van der Waals surface area contributed by atoms with E-state index in [2.05, 4.69) is 60.7 Å². The minimum atomic E-state index is -3.24. The summed E-state index contributed by atoms with van der Waals surface area (Å²) in [5.41, 5.74) is 2.31. The third kappa shape index (κ3) is 6.43.